The van der Waals surface area contributed by atoms with Crippen LogP contribution in [0.15, 0.2) is 0 Å². The van der Waals surface area contributed by atoms with Crippen LogP contribution in [-0.2, 0) is 9.59 Å². The molecule has 2 unspecified atom stereocenters. The van der Waals surface area contributed by atoms with Crippen LogP contribution in [0.2, 0.25) is 0 Å². The minimum absolute atomic E-state index is 0.153. The minimum Gasteiger partial charge on any atom is -0.481 e. The Morgan fingerprint density at radius 1 is 1.20 bits per heavy atom. The number of carboxylic acid groups (broad SMARTS) is 1. The Kier molecular flexibility index (Phi) is 5.32. The number of carbonyl (C=O) groups excluding carboxylic acids is 1. The van der Waals surface area contributed by atoms with Gasteiger partial charge in [0, 0.05) is 36.7 Å². The molecular formula is C14H24N2O3S. The molecule has 5 nitrogen and oxygen atoms in total. The number of amides is 1. The van der Waals surface area contributed by atoms with Crippen LogP contribution in [0, 0.1) is 5.92 Å². The Bertz CT molecular complexity index is 369. The SMILES string of the molecule is CC1SCCN(CC(=O)N2CCC(C(=O)O)CC2)C1C. The summed E-state index contributed by atoms with van der Waals surface area (Å²) in [6.45, 7) is 7.01. The number of carboxylic acids is 1. The second-order valence-corrected chi connectivity index (χ2v) is 7.27. The summed E-state index contributed by atoms with van der Waals surface area (Å²) < 4.78 is 0. The van der Waals surface area contributed by atoms with Gasteiger partial charge in [-0.15, -0.1) is 0 Å². The first-order valence-electron chi connectivity index (χ1n) is 7.35. The number of likely N-dealkylation sites (tertiary alicyclic amines) is 1. The normalized spacial score (nSPS) is 29.4. The van der Waals surface area contributed by atoms with Crippen LogP contribution in [-0.4, -0.2) is 70.0 Å². The van der Waals surface area contributed by atoms with E-state index in [-0.39, 0.29) is 11.8 Å². The van der Waals surface area contributed by atoms with E-state index in [9.17, 15) is 9.59 Å². The van der Waals surface area contributed by atoms with Crippen molar-refractivity contribution in [3.05, 3.63) is 0 Å². The number of aliphatic carboxylic acids is 1. The molecule has 2 rings (SSSR count). The maximum Gasteiger partial charge on any atom is 0.306 e. The molecule has 0 aliphatic carbocycles. The summed E-state index contributed by atoms with van der Waals surface area (Å²) in [6.07, 6.45) is 1.17. The molecule has 0 aromatic rings. The zero-order valence-electron chi connectivity index (χ0n) is 12.2. The fraction of sp³-hybridized carbons (Fsp3) is 0.857. The van der Waals surface area contributed by atoms with Crippen molar-refractivity contribution in [1.82, 2.24) is 9.80 Å². The van der Waals surface area contributed by atoms with Gasteiger partial charge in [-0.2, -0.15) is 11.8 Å². The van der Waals surface area contributed by atoms with Crippen LogP contribution in [0.3, 0.4) is 0 Å². The molecule has 2 fully saturated rings. The summed E-state index contributed by atoms with van der Waals surface area (Å²) in [6, 6.07) is 0.425. The van der Waals surface area contributed by atoms with Crippen molar-refractivity contribution in [3.63, 3.8) is 0 Å². The standard InChI is InChI=1S/C14H24N2O3S/c1-10-11(2)20-8-7-16(10)9-13(17)15-5-3-12(4-6-15)14(18)19/h10-12H,3-9H2,1-2H3,(H,18,19). The molecule has 2 heterocycles. The second-order valence-electron chi connectivity index (χ2n) is 5.78. The van der Waals surface area contributed by atoms with Crippen LogP contribution in [0.25, 0.3) is 0 Å². The zero-order valence-corrected chi connectivity index (χ0v) is 13.1. The van der Waals surface area contributed by atoms with Crippen molar-refractivity contribution in [1.29, 1.82) is 0 Å². The fourth-order valence-electron chi connectivity index (χ4n) is 2.87. The number of hydrogen-bond acceptors (Lipinski definition) is 4. The lowest BCUT2D eigenvalue weighted by molar-refractivity contribution is -0.146. The van der Waals surface area contributed by atoms with E-state index in [1.54, 1.807) is 0 Å². The molecule has 2 atom stereocenters. The summed E-state index contributed by atoms with van der Waals surface area (Å²) in [5.74, 6) is 0.233. The number of thioether (sulfide) groups is 1. The van der Waals surface area contributed by atoms with Crippen LogP contribution in [0.5, 0.6) is 0 Å². The molecule has 6 heteroatoms. The van der Waals surface area contributed by atoms with E-state index < -0.39 is 5.97 Å². The number of carbonyl (C=O) groups is 2. The summed E-state index contributed by atoms with van der Waals surface area (Å²) in [7, 11) is 0. The van der Waals surface area contributed by atoms with Crippen molar-refractivity contribution in [2.75, 3.05) is 31.9 Å². The van der Waals surface area contributed by atoms with Crippen LogP contribution in [0.4, 0.5) is 0 Å². The number of rotatable bonds is 3. The molecule has 0 bridgehead atoms. The smallest absolute Gasteiger partial charge is 0.306 e. The average molecular weight is 300 g/mol. The maximum absolute atomic E-state index is 12.3. The molecule has 0 saturated carbocycles. The molecular weight excluding hydrogens is 276 g/mol. The van der Waals surface area contributed by atoms with E-state index in [1.807, 2.05) is 16.7 Å². The van der Waals surface area contributed by atoms with Crippen LogP contribution in [0.1, 0.15) is 26.7 Å². The van der Waals surface area contributed by atoms with Gasteiger partial charge in [0.2, 0.25) is 5.91 Å². The quantitative estimate of drug-likeness (QED) is 0.847. The first kappa shape index (κ1) is 15.6. The van der Waals surface area contributed by atoms with E-state index in [0.29, 0.717) is 43.8 Å². The van der Waals surface area contributed by atoms with Gasteiger partial charge < -0.3 is 10.0 Å². The van der Waals surface area contributed by atoms with Gasteiger partial charge in [-0.3, -0.25) is 14.5 Å². The molecule has 0 aromatic carbocycles. The molecule has 0 spiro atoms. The highest BCUT2D eigenvalue weighted by atomic mass is 32.2. The highest BCUT2D eigenvalue weighted by Gasteiger charge is 2.30. The topological polar surface area (TPSA) is 60.9 Å². The largest absolute Gasteiger partial charge is 0.481 e. The molecule has 2 aliphatic heterocycles. The minimum atomic E-state index is -0.729. The first-order valence-corrected chi connectivity index (χ1v) is 8.40. The Balaban J connectivity index is 1.82. The van der Waals surface area contributed by atoms with Crippen molar-refractivity contribution in [2.24, 2.45) is 5.92 Å². The van der Waals surface area contributed by atoms with Gasteiger partial charge in [-0.1, -0.05) is 6.92 Å². The van der Waals surface area contributed by atoms with Crippen molar-refractivity contribution < 1.29 is 14.7 Å². The average Bonchev–Trinajstić information content (AvgIpc) is 2.44. The highest BCUT2D eigenvalue weighted by Crippen LogP contribution is 2.24. The first-order chi connectivity index (χ1) is 9.49. The van der Waals surface area contributed by atoms with Gasteiger partial charge in [-0.05, 0) is 19.8 Å². The molecule has 2 aliphatic rings. The molecule has 2 saturated heterocycles. The van der Waals surface area contributed by atoms with Gasteiger partial charge in [0.25, 0.3) is 0 Å². The Morgan fingerprint density at radius 2 is 1.85 bits per heavy atom. The second kappa shape index (κ2) is 6.80. The lowest BCUT2D eigenvalue weighted by atomic mass is 9.97. The third-order valence-corrected chi connectivity index (χ3v) is 5.89. The molecule has 0 radical (unpaired) electrons. The fourth-order valence-corrected chi connectivity index (χ4v) is 4.03. The van der Waals surface area contributed by atoms with Crippen molar-refractivity contribution >= 4 is 23.6 Å². The molecule has 114 valence electrons. The molecule has 1 amide bonds. The van der Waals surface area contributed by atoms with E-state index in [0.717, 1.165) is 12.3 Å². The van der Waals surface area contributed by atoms with E-state index in [4.69, 9.17) is 5.11 Å². The summed E-state index contributed by atoms with van der Waals surface area (Å²) in [4.78, 5) is 27.3. The zero-order chi connectivity index (χ0) is 14.7. The lowest BCUT2D eigenvalue weighted by Gasteiger charge is -2.39. The summed E-state index contributed by atoms with van der Waals surface area (Å²) in [5, 5.41) is 9.54. The van der Waals surface area contributed by atoms with Gasteiger partial charge >= 0.3 is 5.97 Å². The molecule has 1 N–H and O–H groups in total. The third kappa shape index (κ3) is 3.67. The Morgan fingerprint density at radius 3 is 2.45 bits per heavy atom. The molecule has 20 heavy (non-hydrogen) atoms. The number of hydrogen-bond donors (Lipinski definition) is 1. The lowest BCUT2D eigenvalue weighted by Crippen LogP contribution is -2.51. The summed E-state index contributed by atoms with van der Waals surface area (Å²) in [5.41, 5.74) is 0. The Hall–Kier alpha value is -0.750. The van der Waals surface area contributed by atoms with E-state index in [2.05, 4.69) is 18.7 Å². The van der Waals surface area contributed by atoms with Crippen LogP contribution >= 0.6 is 11.8 Å². The third-order valence-electron chi connectivity index (χ3n) is 4.55. The van der Waals surface area contributed by atoms with E-state index in [1.165, 1.54) is 0 Å². The predicted octanol–water partition coefficient (Wildman–Crippen LogP) is 1.14. The van der Waals surface area contributed by atoms with Gasteiger partial charge in [0.15, 0.2) is 0 Å². The Labute approximate surface area is 124 Å². The number of piperidine rings is 1. The van der Waals surface area contributed by atoms with Crippen molar-refractivity contribution in [2.45, 2.75) is 38.0 Å². The van der Waals surface area contributed by atoms with Gasteiger partial charge in [-0.25, -0.2) is 0 Å². The van der Waals surface area contributed by atoms with E-state index >= 15 is 0 Å². The monoisotopic (exact) mass is 300 g/mol. The maximum atomic E-state index is 12.3. The predicted molar refractivity (Wildman–Crippen MR) is 79.9 cm³/mol. The summed E-state index contributed by atoms with van der Waals surface area (Å²) >= 11 is 1.96. The van der Waals surface area contributed by atoms with Gasteiger partial charge in [0.05, 0.1) is 12.5 Å². The van der Waals surface area contributed by atoms with Gasteiger partial charge in [0.1, 0.15) is 0 Å². The van der Waals surface area contributed by atoms with Crippen LogP contribution < -0.4 is 0 Å². The highest BCUT2D eigenvalue weighted by molar-refractivity contribution is 8.00. The van der Waals surface area contributed by atoms with Crippen molar-refractivity contribution in [3.8, 4) is 0 Å². The molecule has 0 aromatic heterocycles. The number of nitrogens with zero attached hydrogens (tertiary/aromatic N) is 2.